The third-order valence-electron chi connectivity index (χ3n) is 3.55. The van der Waals surface area contributed by atoms with Gasteiger partial charge in [0.05, 0.1) is 12.0 Å². The smallest absolute Gasteiger partial charge is 0.264 e. The van der Waals surface area contributed by atoms with Crippen molar-refractivity contribution >= 4 is 29.7 Å². The number of carbonyl (C=O) groups excluding carboxylic acids is 1. The van der Waals surface area contributed by atoms with Gasteiger partial charge >= 0.3 is 0 Å². The molecule has 0 radical (unpaired) electrons. The predicted octanol–water partition coefficient (Wildman–Crippen LogP) is 2.72. The highest BCUT2D eigenvalue weighted by molar-refractivity contribution is 7.99. The summed E-state index contributed by atoms with van der Waals surface area (Å²) in [5.74, 6) is 6.48. The predicted molar refractivity (Wildman–Crippen MR) is 104 cm³/mol. The number of hydrogen-bond donors (Lipinski definition) is 2. The Hall–Kier alpha value is -3.13. The van der Waals surface area contributed by atoms with Gasteiger partial charge in [0.2, 0.25) is 5.16 Å². The van der Waals surface area contributed by atoms with Gasteiger partial charge in [-0.05, 0) is 12.5 Å². The second-order valence-electron chi connectivity index (χ2n) is 5.53. The van der Waals surface area contributed by atoms with E-state index in [4.69, 9.17) is 5.84 Å². The molecule has 3 N–H and O–H groups in total. The summed E-state index contributed by atoms with van der Waals surface area (Å²) in [4.78, 5) is 12.2. The van der Waals surface area contributed by atoms with E-state index in [1.54, 1.807) is 6.21 Å². The molecule has 3 rings (SSSR count). The van der Waals surface area contributed by atoms with Crippen molar-refractivity contribution in [3.8, 4) is 0 Å². The number of carbonyl (C=O) groups is 1. The van der Waals surface area contributed by atoms with Crippen LogP contribution in [0.4, 0.5) is 5.95 Å². The molecule has 8 heteroatoms. The largest absolute Gasteiger partial charge is 0.334 e. The summed E-state index contributed by atoms with van der Waals surface area (Å²) >= 11 is 1.23. The van der Waals surface area contributed by atoms with Gasteiger partial charge in [-0.3, -0.25) is 4.79 Å². The number of aryl methyl sites for hydroxylation is 1. The second-order valence-corrected chi connectivity index (χ2v) is 6.48. The van der Waals surface area contributed by atoms with Crippen LogP contribution in [0.1, 0.15) is 21.5 Å². The number of nitrogens with one attached hydrogen (secondary N) is 1. The highest BCUT2D eigenvalue weighted by Crippen LogP contribution is 2.18. The van der Waals surface area contributed by atoms with E-state index in [-0.39, 0.29) is 11.5 Å². The summed E-state index contributed by atoms with van der Waals surface area (Å²) in [7, 11) is 0. The van der Waals surface area contributed by atoms with E-state index in [9.17, 15) is 4.79 Å². The molecule has 0 bridgehead atoms. The number of nitrogen functional groups attached to an aromatic ring is 1. The Morgan fingerprint density at radius 2 is 1.92 bits per heavy atom. The standard InChI is InChI=1S/C18H18N6OS/c1-13-7-9-15(10-8-13)16(25)12-26-18-23-22-17(24(18)19)21-20-11-14-5-3-2-4-6-14/h2-11H,12,19H2,1H3,(H,21,22)/b20-11+. The average molecular weight is 366 g/mol. The number of anilines is 1. The SMILES string of the molecule is Cc1ccc(C(=O)CSc2nnc(N/N=C/c3ccccc3)n2N)cc1. The van der Waals surface area contributed by atoms with Crippen LogP contribution in [0.5, 0.6) is 0 Å². The maximum atomic E-state index is 12.2. The Balaban J connectivity index is 1.57. The molecule has 26 heavy (non-hydrogen) atoms. The van der Waals surface area contributed by atoms with Gasteiger partial charge in [0.1, 0.15) is 0 Å². The molecule has 0 atom stereocenters. The van der Waals surface area contributed by atoms with Crippen molar-refractivity contribution < 1.29 is 4.79 Å². The maximum absolute atomic E-state index is 12.2. The molecular weight excluding hydrogens is 348 g/mol. The fourth-order valence-electron chi connectivity index (χ4n) is 2.11. The fourth-order valence-corrected chi connectivity index (χ4v) is 2.86. The van der Waals surface area contributed by atoms with E-state index < -0.39 is 0 Å². The van der Waals surface area contributed by atoms with Gasteiger partial charge in [-0.2, -0.15) is 5.10 Å². The Bertz CT molecular complexity index is 905. The van der Waals surface area contributed by atoms with Crippen LogP contribution in [0.15, 0.2) is 64.9 Å². The lowest BCUT2D eigenvalue weighted by Gasteiger charge is -2.03. The fraction of sp³-hybridized carbons (Fsp3) is 0.111. The van der Waals surface area contributed by atoms with Gasteiger partial charge in [0.15, 0.2) is 5.78 Å². The average Bonchev–Trinajstić information content (AvgIpc) is 3.01. The summed E-state index contributed by atoms with van der Waals surface area (Å²) in [6.45, 7) is 1.98. The van der Waals surface area contributed by atoms with Crippen LogP contribution in [-0.2, 0) is 0 Å². The number of benzene rings is 2. The molecule has 0 fully saturated rings. The van der Waals surface area contributed by atoms with Crippen LogP contribution in [0.2, 0.25) is 0 Å². The van der Waals surface area contributed by atoms with Crippen molar-refractivity contribution in [2.24, 2.45) is 5.10 Å². The van der Waals surface area contributed by atoms with Crippen LogP contribution in [-0.4, -0.2) is 32.6 Å². The summed E-state index contributed by atoms with van der Waals surface area (Å²) < 4.78 is 1.27. The third-order valence-corrected chi connectivity index (χ3v) is 4.49. The van der Waals surface area contributed by atoms with Crippen molar-refractivity contribution in [1.82, 2.24) is 14.9 Å². The highest BCUT2D eigenvalue weighted by atomic mass is 32.2. The first-order valence-electron chi connectivity index (χ1n) is 7.91. The van der Waals surface area contributed by atoms with E-state index in [1.165, 1.54) is 16.4 Å². The Morgan fingerprint density at radius 3 is 2.65 bits per heavy atom. The zero-order valence-electron chi connectivity index (χ0n) is 14.2. The number of hydrogen-bond acceptors (Lipinski definition) is 7. The van der Waals surface area contributed by atoms with E-state index >= 15 is 0 Å². The highest BCUT2D eigenvalue weighted by Gasteiger charge is 2.13. The molecule has 0 amide bonds. The summed E-state index contributed by atoms with van der Waals surface area (Å²) in [5, 5.41) is 12.4. The van der Waals surface area contributed by atoms with E-state index in [0.717, 1.165) is 11.1 Å². The monoisotopic (exact) mass is 366 g/mol. The number of aromatic nitrogens is 3. The van der Waals surface area contributed by atoms with Gasteiger partial charge < -0.3 is 5.84 Å². The molecule has 1 heterocycles. The van der Waals surface area contributed by atoms with Gasteiger partial charge in [-0.15, -0.1) is 10.2 Å². The van der Waals surface area contributed by atoms with Gasteiger partial charge in [0, 0.05) is 5.56 Å². The second kappa shape index (κ2) is 8.30. The Kier molecular flexibility index (Phi) is 5.65. The first kappa shape index (κ1) is 17.7. The topological polar surface area (TPSA) is 98.2 Å². The number of ketones is 1. The van der Waals surface area contributed by atoms with E-state index in [1.807, 2.05) is 61.5 Å². The van der Waals surface area contributed by atoms with Gasteiger partial charge in [-0.1, -0.05) is 71.9 Å². The zero-order valence-corrected chi connectivity index (χ0v) is 15.0. The zero-order chi connectivity index (χ0) is 18.4. The molecule has 0 saturated heterocycles. The maximum Gasteiger partial charge on any atom is 0.264 e. The van der Waals surface area contributed by atoms with Gasteiger partial charge in [-0.25, -0.2) is 10.1 Å². The Labute approximate surface area is 155 Å². The minimum atomic E-state index is 0.00890. The molecule has 2 aromatic carbocycles. The molecule has 0 aliphatic rings. The number of nitrogens with two attached hydrogens (primary N) is 1. The summed E-state index contributed by atoms with van der Waals surface area (Å²) in [6, 6.07) is 17.1. The van der Waals surface area contributed by atoms with Gasteiger partial charge in [0.25, 0.3) is 5.95 Å². The number of Topliss-reactive ketones (excluding diaryl/α,β-unsaturated/α-hetero) is 1. The molecule has 0 saturated carbocycles. The summed E-state index contributed by atoms with van der Waals surface area (Å²) in [6.07, 6.45) is 1.66. The lowest BCUT2D eigenvalue weighted by Crippen LogP contribution is -2.14. The molecule has 3 aromatic rings. The first-order chi connectivity index (χ1) is 12.6. The number of hydrazone groups is 1. The van der Waals surface area contributed by atoms with Crippen LogP contribution in [0.3, 0.4) is 0 Å². The van der Waals surface area contributed by atoms with Crippen LogP contribution in [0.25, 0.3) is 0 Å². The number of thioether (sulfide) groups is 1. The Morgan fingerprint density at radius 1 is 1.19 bits per heavy atom. The lowest BCUT2D eigenvalue weighted by atomic mass is 10.1. The number of nitrogens with zero attached hydrogens (tertiary/aromatic N) is 4. The number of rotatable bonds is 7. The van der Waals surface area contributed by atoms with Crippen LogP contribution >= 0.6 is 11.8 Å². The normalized spacial score (nSPS) is 11.0. The van der Waals surface area contributed by atoms with Crippen molar-refractivity contribution in [3.05, 3.63) is 71.3 Å². The molecule has 7 nitrogen and oxygen atoms in total. The third kappa shape index (κ3) is 4.48. The van der Waals surface area contributed by atoms with Crippen LogP contribution in [0, 0.1) is 6.92 Å². The molecular formula is C18H18N6OS. The molecule has 132 valence electrons. The van der Waals surface area contributed by atoms with Crippen molar-refractivity contribution in [2.75, 3.05) is 17.0 Å². The first-order valence-corrected chi connectivity index (χ1v) is 8.89. The van der Waals surface area contributed by atoms with Crippen molar-refractivity contribution in [1.29, 1.82) is 0 Å². The minimum Gasteiger partial charge on any atom is -0.334 e. The van der Waals surface area contributed by atoms with E-state index in [0.29, 0.717) is 16.7 Å². The molecule has 0 aliphatic carbocycles. The summed E-state index contributed by atoms with van der Waals surface area (Å²) in [5.41, 5.74) is 5.47. The van der Waals surface area contributed by atoms with Crippen LogP contribution < -0.4 is 11.3 Å². The van der Waals surface area contributed by atoms with Crippen molar-refractivity contribution in [2.45, 2.75) is 12.1 Å². The molecule has 0 unspecified atom stereocenters. The minimum absolute atomic E-state index is 0.00890. The molecule has 0 aliphatic heterocycles. The van der Waals surface area contributed by atoms with Crippen molar-refractivity contribution in [3.63, 3.8) is 0 Å². The molecule has 0 spiro atoms. The lowest BCUT2D eigenvalue weighted by molar-refractivity contribution is 0.102. The molecule has 1 aromatic heterocycles. The van der Waals surface area contributed by atoms with E-state index in [2.05, 4.69) is 20.7 Å². The quantitative estimate of drug-likeness (QED) is 0.219.